The number of carbonyl (C=O) groups is 2. The van der Waals surface area contributed by atoms with Gasteiger partial charge in [0.1, 0.15) is 6.61 Å². The molecule has 0 rings (SSSR count). The topological polar surface area (TPSA) is 61.8 Å². The van der Waals surface area contributed by atoms with Gasteiger partial charge in [-0.1, -0.05) is 13.8 Å². The maximum atomic E-state index is 10.8. The number of hydrogen-bond acceptors (Lipinski definition) is 5. The van der Waals surface area contributed by atoms with Crippen molar-refractivity contribution in [1.82, 2.24) is 0 Å². The monoisotopic (exact) mass is 232 g/mol. The highest BCUT2D eigenvalue weighted by Gasteiger charge is 2.14. The molecule has 16 heavy (non-hydrogen) atoms. The van der Waals surface area contributed by atoms with Crippen LogP contribution in [0.2, 0.25) is 0 Å². The van der Waals surface area contributed by atoms with Crippen LogP contribution in [0.4, 0.5) is 0 Å². The number of ether oxygens (including phenoxy) is 3. The molecular weight excluding hydrogens is 212 g/mol. The summed E-state index contributed by atoms with van der Waals surface area (Å²) >= 11 is 0. The Morgan fingerprint density at radius 1 is 1.00 bits per heavy atom. The molecule has 0 fully saturated rings. The van der Waals surface area contributed by atoms with Crippen LogP contribution in [-0.2, 0) is 23.8 Å². The van der Waals surface area contributed by atoms with Gasteiger partial charge in [-0.15, -0.1) is 0 Å². The fourth-order valence-corrected chi connectivity index (χ4v) is 0.996. The normalized spacial score (nSPS) is 12.3. The van der Waals surface area contributed by atoms with Crippen LogP contribution < -0.4 is 0 Å². The van der Waals surface area contributed by atoms with Crippen molar-refractivity contribution in [3.8, 4) is 0 Å². The molecule has 0 aliphatic rings. The highest BCUT2D eigenvalue weighted by atomic mass is 16.6. The molecule has 0 saturated heterocycles. The van der Waals surface area contributed by atoms with Crippen LogP contribution in [0.25, 0.3) is 0 Å². The largest absolute Gasteiger partial charge is 0.462 e. The van der Waals surface area contributed by atoms with Crippen LogP contribution in [-0.4, -0.2) is 37.9 Å². The van der Waals surface area contributed by atoms with E-state index in [1.807, 2.05) is 13.8 Å². The van der Waals surface area contributed by atoms with Gasteiger partial charge in [0.2, 0.25) is 0 Å². The summed E-state index contributed by atoms with van der Waals surface area (Å²) in [6, 6.07) is 0. The number of esters is 2. The van der Waals surface area contributed by atoms with E-state index in [1.54, 1.807) is 0 Å². The van der Waals surface area contributed by atoms with Crippen molar-refractivity contribution in [3.63, 3.8) is 0 Å². The van der Waals surface area contributed by atoms with Crippen molar-refractivity contribution in [3.05, 3.63) is 0 Å². The van der Waals surface area contributed by atoms with Gasteiger partial charge < -0.3 is 14.2 Å². The molecule has 0 bridgehead atoms. The highest BCUT2D eigenvalue weighted by molar-refractivity contribution is 5.67. The predicted molar refractivity (Wildman–Crippen MR) is 57.8 cm³/mol. The minimum atomic E-state index is -0.528. The number of hydrogen-bond donors (Lipinski definition) is 0. The van der Waals surface area contributed by atoms with Crippen LogP contribution in [0.3, 0.4) is 0 Å². The molecule has 0 aliphatic heterocycles. The molecule has 0 aromatic rings. The second kappa shape index (κ2) is 8.10. The summed E-state index contributed by atoms with van der Waals surface area (Å²) < 4.78 is 15.0. The van der Waals surface area contributed by atoms with E-state index >= 15 is 0 Å². The molecule has 0 N–H and O–H groups in total. The van der Waals surface area contributed by atoms with E-state index in [-0.39, 0.29) is 13.2 Å². The van der Waals surface area contributed by atoms with Crippen molar-refractivity contribution in [2.75, 3.05) is 19.8 Å². The van der Waals surface area contributed by atoms with Gasteiger partial charge in [-0.05, 0) is 5.92 Å². The zero-order valence-electron chi connectivity index (χ0n) is 10.3. The summed E-state index contributed by atoms with van der Waals surface area (Å²) in [5, 5.41) is 0. The summed E-state index contributed by atoms with van der Waals surface area (Å²) in [7, 11) is 0. The van der Waals surface area contributed by atoms with E-state index in [0.29, 0.717) is 12.5 Å². The van der Waals surface area contributed by atoms with Gasteiger partial charge in [0.15, 0.2) is 6.10 Å². The molecule has 0 heterocycles. The molecule has 0 radical (unpaired) electrons. The second-order valence-electron chi connectivity index (χ2n) is 3.97. The van der Waals surface area contributed by atoms with Gasteiger partial charge in [0.25, 0.3) is 0 Å². The van der Waals surface area contributed by atoms with E-state index in [1.165, 1.54) is 13.8 Å². The van der Waals surface area contributed by atoms with E-state index in [4.69, 9.17) is 14.2 Å². The Balaban J connectivity index is 3.89. The van der Waals surface area contributed by atoms with Gasteiger partial charge >= 0.3 is 11.9 Å². The van der Waals surface area contributed by atoms with Crippen LogP contribution in [0.5, 0.6) is 0 Å². The standard InChI is InChI=1S/C11H20O5/c1-8(2)5-14-6-11(16-10(4)13)7-15-9(3)12/h8,11H,5-7H2,1-4H3. The predicted octanol–water partition coefficient (Wildman–Crippen LogP) is 1.15. The van der Waals surface area contributed by atoms with Gasteiger partial charge in [0, 0.05) is 20.5 Å². The molecule has 0 spiro atoms. The average molecular weight is 232 g/mol. The molecule has 1 unspecified atom stereocenters. The number of rotatable bonds is 7. The molecule has 0 amide bonds. The van der Waals surface area contributed by atoms with E-state index in [9.17, 15) is 9.59 Å². The third-order valence-electron chi connectivity index (χ3n) is 1.56. The zero-order valence-corrected chi connectivity index (χ0v) is 10.3. The minimum absolute atomic E-state index is 0.0347. The lowest BCUT2D eigenvalue weighted by atomic mass is 10.2. The maximum Gasteiger partial charge on any atom is 0.303 e. The maximum absolute atomic E-state index is 10.8. The highest BCUT2D eigenvalue weighted by Crippen LogP contribution is 1.99. The molecule has 94 valence electrons. The van der Waals surface area contributed by atoms with E-state index in [2.05, 4.69) is 0 Å². The number of carbonyl (C=O) groups excluding carboxylic acids is 2. The first-order valence-corrected chi connectivity index (χ1v) is 5.30. The molecular formula is C11H20O5. The summed E-state index contributed by atoms with van der Waals surface area (Å²) in [5.74, 6) is -0.405. The first kappa shape index (κ1) is 14.9. The van der Waals surface area contributed by atoms with Crippen LogP contribution in [0.1, 0.15) is 27.7 Å². The quantitative estimate of drug-likeness (QED) is 0.616. The van der Waals surface area contributed by atoms with E-state index < -0.39 is 18.0 Å². The van der Waals surface area contributed by atoms with Gasteiger partial charge in [-0.2, -0.15) is 0 Å². The Kier molecular flexibility index (Phi) is 7.54. The van der Waals surface area contributed by atoms with Crippen LogP contribution in [0.15, 0.2) is 0 Å². The lowest BCUT2D eigenvalue weighted by Gasteiger charge is -2.17. The smallest absolute Gasteiger partial charge is 0.303 e. The summed E-state index contributed by atoms with van der Waals surface area (Å²) in [5.41, 5.74) is 0. The molecule has 0 aromatic carbocycles. The van der Waals surface area contributed by atoms with Crippen molar-refractivity contribution < 1.29 is 23.8 Å². The first-order valence-electron chi connectivity index (χ1n) is 5.30. The van der Waals surface area contributed by atoms with Crippen LogP contribution in [0, 0.1) is 5.92 Å². The Bertz CT molecular complexity index is 224. The lowest BCUT2D eigenvalue weighted by Crippen LogP contribution is -2.29. The lowest BCUT2D eigenvalue weighted by molar-refractivity contribution is -0.160. The molecule has 0 aromatic heterocycles. The fourth-order valence-electron chi connectivity index (χ4n) is 0.996. The van der Waals surface area contributed by atoms with Crippen LogP contribution >= 0.6 is 0 Å². The third kappa shape index (κ3) is 9.45. The molecule has 0 aliphatic carbocycles. The Morgan fingerprint density at radius 2 is 1.62 bits per heavy atom. The SMILES string of the molecule is CC(=O)OCC(COCC(C)C)OC(C)=O. The molecule has 0 saturated carbocycles. The molecule has 1 atom stereocenters. The third-order valence-corrected chi connectivity index (χ3v) is 1.56. The Labute approximate surface area is 96.1 Å². The molecule has 5 nitrogen and oxygen atoms in total. The molecule has 5 heteroatoms. The van der Waals surface area contributed by atoms with Crippen molar-refractivity contribution in [1.29, 1.82) is 0 Å². The van der Waals surface area contributed by atoms with Gasteiger partial charge in [-0.3, -0.25) is 9.59 Å². The zero-order chi connectivity index (χ0) is 12.6. The summed E-state index contributed by atoms with van der Waals surface area (Å²) in [4.78, 5) is 21.4. The van der Waals surface area contributed by atoms with Crippen molar-refractivity contribution in [2.24, 2.45) is 5.92 Å². The Hall–Kier alpha value is -1.10. The van der Waals surface area contributed by atoms with E-state index in [0.717, 1.165) is 0 Å². The first-order chi connectivity index (χ1) is 7.41. The van der Waals surface area contributed by atoms with Gasteiger partial charge in [0.05, 0.1) is 6.61 Å². The van der Waals surface area contributed by atoms with Crippen molar-refractivity contribution in [2.45, 2.75) is 33.8 Å². The van der Waals surface area contributed by atoms with Gasteiger partial charge in [-0.25, -0.2) is 0 Å². The Morgan fingerprint density at radius 3 is 2.06 bits per heavy atom. The fraction of sp³-hybridized carbons (Fsp3) is 0.818. The van der Waals surface area contributed by atoms with Crippen molar-refractivity contribution >= 4 is 11.9 Å². The summed E-state index contributed by atoms with van der Waals surface area (Å²) in [6.45, 7) is 7.51. The summed E-state index contributed by atoms with van der Waals surface area (Å²) in [6.07, 6.45) is -0.528. The minimum Gasteiger partial charge on any atom is -0.462 e. The average Bonchev–Trinajstić information content (AvgIpc) is 2.12. The second-order valence-corrected chi connectivity index (χ2v) is 3.97.